The van der Waals surface area contributed by atoms with Crippen LogP contribution in [0, 0.1) is 12.8 Å². The number of rotatable bonds is 5. The average Bonchev–Trinajstić information content (AvgIpc) is 3.18. The van der Waals surface area contributed by atoms with E-state index in [1.807, 2.05) is 0 Å². The maximum Gasteiger partial charge on any atom is 0.222 e. The molecule has 2 heterocycles. The molecule has 1 aromatic carbocycles. The van der Waals surface area contributed by atoms with Crippen molar-refractivity contribution in [1.82, 2.24) is 10.2 Å². The van der Waals surface area contributed by atoms with Crippen molar-refractivity contribution in [3.63, 3.8) is 0 Å². The van der Waals surface area contributed by atoms with Crippen LogP contribution in [0.25, 0.3) is 0 Å². The van der Waals surface area contributed by atoms with E-state index in [2.05, 4.69) is 41.4 Å². The van der Waals surface area contributed by atoms with Crippen molar-refractivity contribution >= 4 is 5.91 Å². The molecule has 1 aromatic rings. The molecule has 0 radical (unpaired) electrons. The first-order valence-electron chi connectivity index (χ1n) is 8.78. The van der Waals surface area contributed by atoms with Crippen LogP contribution in [0.4, 0.5) is 0 Å². The van der Waals surface area contributed by atoms with Gasteiger partial charge in [0.05, 0.1) is 0 Å². The summed E-state index contributed by atoms with van der Waals surface area (Å²) in [6, 6.07) is 9.17. The van der Waals surface area contributed by atoms with Crippen LogP contribution in [0.1, 0.15) is 43.2 Å². The lowest BCUT2D eigenvalue weighted by Gasteiger charge is -2.25. The second-order valence-corrected chi connectivity index (χ2v) is 6.97. The summed E-state index contributed by atoms with van der Waals surface area (Å²) in [4.78, 5) is 14.7. The van der Waals surface area contributed by atoms with E-state index in [9.17, 15) is 4.79 Å². The van der Waals surface area contributed by atoms with Gasteiger partial charge < -0.3 is 10.2 Å². The minimum Gasteiger partial charge on any atom is -0.339 e. The summed E-state index contributed by atoms with van der Waals surface area (Å²) in [5.41, 5.74) is 2.66. The number of benzene rings is 1. The Morgan fingerprint density at radius 1 is 1.27 bits per heavy atom. The number of likely N-dealkylation sites (tertiary alicyclic amines) is 1. The molecule has 22 heavy (non-hydrogen) atoms. The molecule has 2 aliphatic heterocycles. The summed E-state index contributed by atoms with van der Waals surface area (Å²) in [6.45, 7) is 5.30. The molecule has 3 heteroatoms. The molecule has 2 unspecified atom stereocenters. The van der Waals surface area contributed by atoms with Crippen LogP contribution >= 0.6 is 0 Å². The molecule has 3 nitrogen and oxygen atoms in total. The molecular weight excluding hydrogens is 272 g/mol. The molecule has 2 saturated heterocycles. The molecule has 120 valence electrons. The Kier molecular flexibility index (Phi) is 5.14. The van der Waals surface area contributed by atoms with Crippen molar-refractivity contribution < 1.29 is 4.79 Å². The van der Waals surface area contributed by atoms with Crippen LogP contribution in [0.5, 0.6) is 0 Å². The fraction of sp³-hybridized carbons (Fsp3) is 0.632. The lowest BCUT2D eigenvalue weighted by atomic mass is 10.0. The van der Waals surface area contributed by atoms with Gasteiger partial charge in [0, 0.05) is 19.0 Å². The zero-order valence-electron chi connectivity index (χ0n) is 13.7. The third kappa shape index (κ3) is 3.89. The number of nitrogens with one attached hydrogen (secondary N) is 1. The van der Waals surface area contributed by atoms with Gasteiger partial charge in [0.1, 0.15) is 0 Å². The first-order chi connectivity index (χ1) is 10.7. The second-order valence-electron chi connectivity index (χ2n) is 6.97. The Morgan fingerprint density at radius 2 is 2.09 bits per heavy atom. The fourth-order valence-electron chi connectivity index (χ4n) is 3.80. The third-order valence-corrected chi connectivity index (χ3v) is 5.22. The molecule has 3 rings (SSSR count). The lowest BCUT2D eigenvalue weighted by Crippen LogP contribution is -2.37. The van der Waals surface area contributed by atoms with E-state index in [1.165, 1.54) is 17.5 Å². The lowest BCUT2D eigenvalue weighted by molar-refractivity contribution is -0.132. The molecule has 1 N–H and O–H groups in total. The summed E-state index contributed by atoms with van der Waals surface area (Å²) >= 11 is 0. The van der Waals surface area contributed by atoms with Gasteiger partial charge in [-0.2, -0.15) is 0 Å². The monoisotopic (exact) mass is 300 g/mol. The van der Waals surface area contributed by atoms with Crippen molar-refractivity contribution in [3.8, 4) is 0 Å². The molecule has 0 bridgehead atoms. The predicted octanol–water partition coefficient (Wildman–Crippen LogP) is 2.92. The van der Waals surface area contributed by atoms with E-state index in [-0.39, 0.29) is 0 Å². The molecule has 1 amide bonds. The maximum atomic E-state index is 12.6. The van der Waals surface area contributed by atoms with E-state index in [0.717, 1.165) is 51.7 Å². The smallest absolute Gasteiger partial charge is 0.222 e. The average molecular weight is 300 g/mol. The van der Waals surface area contributed by atoms with Gasteiger partial charge in [0.15, 0.2) is 0 Å². The Bertz CT molecular complexity index is 491. The minimum absolute atomic E-state index is 0.376. The van der Waals surface area contributed by atoms with E-state index >= 15 is 0 Å². The normalized spacial score (nSPS) is 24.9. The van der Waals surface area contributed by atoms with Crippen molar-refractivity contribution in [2.45, 2.75) is 51.5 Å². The largest absolute Gasteiger partial charge is 0.339 e. The zero-order valence-corrected chi connectivity index (χ0v) is 13.7. The fourth-order valence-corrected chi connectivity index (χ4v) is 3.80. The molecule has 0 aromatic heterocycles. The van der Waals surface area contributed by atoms with Crippen LogP contribution in [-0.2, 0) is 11.2 Å². The van der Waals surface area contributed by atoms with Gasteiger partial charge in [-0.25, -0.2) is 0 Å². The van der Waals surface area contributed by atoms with Gasteiger partial charge >= 0.3 is 0 Å². The number of carbonyl (C=O) groups excluding carboxylic acids is 1. The Balaban J connectivity index is 1.52. The highest BCUT2D eigenvalue weighted by molar-refractivity contribution is 5.76. The van der Waals surface area contributed by atoms with Gasteiger partial charge in [-0.15, -0.1) is 0 Å². The van der Waals surface area contributed by atoms with E-state index in [1.54, 1.807) is 0 Å². The number of hydrogen-bond acceptors (Lipinski definition) is 2. The highest BCUT2D eigenvalue weighted by Gasteiger charge is 2.29. The van der Waals surface area contributed by atoms with Crippen molar-refractivity contribution in [2.75, 3.05) is 19.6 Å². The number of aryl methyl sites for hydroxylation is 1. The van der Waals surface area contributed by atoms with E-state index in [4.69, 9.17) is 0 Å². The third-order valence-electron chi connectivity index (χ3n) is 5.22. The second kappa shape index (κ2) is 7.28. The summed E-state index contributed by atoms with van der Waals surface area (Å²) in [5.74, 6) is 1.09. The van der Waals surface area contributed by atoms with Gasteiger partial charge in [-0.1, -0.05) is 29.8 Å². The molecule has 0 saturated carbocycles. The minimum atomic E-state index is 0.376. The maximum absolute atomic E-state index is 12.6. The summed E-state index contributed by atoms with van der Waals surface area (Å²) in [6.07, 6.45) is 6.35. The van der Waals surface area contributed by atoms with Crippen LogP contribution in [0.2, 0.25) is 0 Å². The molecule has 0 spiro atoms. The topological polar surface area (TPSA) is 32.3 Å². The van der Waals surface area contributed by atoms with Crippen LogP contribution < -0.4 is 5.32 Å². The standard InChI is InChI=1S/C19H28N2O/c1-15-4-6-16(7-5-15)13-18-3-2-12-21(18)19(22)9-8-17-10-11-20-14-17/h4-7,17-18,20H,2-3,8-14H2,1H3. The quantitative estimate of drug-likeness (QED) is 0.907. The Morgan fingerprint density at radius 3 is 2.82 bits per heavy atom. The number of carbonyl (C=O) groups is 1. The van der Waals surface area contributed by atoms with E-state index < -0.39 is 0 Å². The molecule has 2 atom stereocenters. The van der Waals surface area contributed by atoms with Crippen LogP contribution in [0.3, 0.4) is 0 Å². The Hall–Kier alpha value is -1.35. The number of hydrogen-bond donors (Lipinski definition) is 1. The zero-order chi connectivity index (χ0) is 15.4. The Labute approximate surface area is 134 Å². The number of amides is 1. The molecule has 0 aliphatic carbocycles. The summed E-state index contributed by atoms with van der Waals surface area (Å²) < 4.78 is 0. The van der Waals surface area contributed by atoms with Gasteiger partial charge in [0.25, 0.3) is 0 Å². The first-order valence-corrected chi connectivity index (χ1v) is 8.78. The SMILES string of the molecule is Cc1ccc(CC2CCCN2C(=O)CCC2CCNC2)cc1. The number of nitrogens with zero attached hydrogens (tertiary/aromatic N) is 1. The molecule has 2 fully saturated rings. The summed E-state index contributed by atoms with van der Waals surface area (Å²) in [5, 5.41) is 3.39. The van der Waals surface area contributed by atoms with Crippen molar-refractivity contribution in [2.24, 2.45) is 5.92 Å². The van der Waals surface area contributed by atoms with Gasteiger partial charge in [-0.3, -0.25) is 4.79 Å². The van der Waals surface area contributed by atoms with Gasteiger partial charge in [0.2, 0.25) is 5.91 Å². The molecular formula is C19H28N2O. The van der Waals surface area contributed by atoms with Crippen molar-refractivity contribution in [3.05, 3.63) is 35.4 Å². The first kappa shape index (κ1) is 15.5. The van der Waals surface area contributed by atoms with Crippen LogP contribution in [0.15, 0.2) is 24.3 Å². The molecule has 2 aliphatic rings. The van der Waals surface area contributed by atoms with Gasteiger partial charge in [-0.05, 0) is 63.6 Å². The highest BCUT2D eigenvalue weighted by atomic mass is 16.2. The highest BCUT2D eigenvalue weighted by Crippen LogP contribution is 2.24. The van der Waals surface area contributed by atoms with Crippen LogP contribution in [-0.4, -0.2) is 36.5 Å². The summed E-state index contributed by atoms with van der Waals surface area (Å²) in [7, 11) is 0. The van der Waals surface area contributed by atoms with E-state index in [0.29, 0.717) is 17.9 Å². The van der Waals surface area contributed by atoms with Crippen molar-refractivity contribution in [1.29, 1.82) is 0 Å². The predicted molar refractivity (Wildman–Crippen MR) is 89.8 cm³/mol.